The third-order valence-electron chi connectivity index (χ3n) is 2.60. The zero-order valence-electron chi connectivity index (χ0n) is 11.7. The molecule has 3 N–H and O–H groups in total. The number of rotatable bonds is 8. The Bertz CT molecular complexity index is 614. The van der Waals surface area contributed by atoms with Gasteiger partial charge in [-0.15, -0.1) is 0 Å². The number of benzene rings is 1. The summed E-state index contributed by atoms with van der Waals surface area (Å²) in [6.07, 6.45) is 0.514. The van der Waals surface area contributed by atoms with Gasteiger partial charge < -0.3 is 10.5 Å². The van der Waals surface area contributed by atoms with E-state index in [4.69, 9.17) is 22.7 Å². The van der Waals surface area contributed by atoms with Gasteiger partial charge in [-0.2, -0.15) is 0 Å². The van der Waals surface area contributed by atoms with Crippen LogP contribution in [-0.2, 0) is 19.6 Å². The first-order chi connectivity index (χ1) is 9.88. The lowest BCUT2D eigenvalue weighted by Crippen LogP contribution is -2.27. The first-order valence-corrected chi connectivity index (χ1v) is 8.31. The zero-order chi connectivity index (χ0) is 15.9. The molecule has 8 heteroatoms. The highest BCUT2D eigenvalue weighted by Crippen LogP contribution is 2.15. The summed E-state index contributed by atoms with van der Waals surface area (Å²) in [5.74, 6) is -0.347. The number of nitrogens with one attached hydrogen (secondary N) is 1. The van der Waals surface area contributed by atoms with Crippen LogP contribution < -0.4 is 10.5 Å². The molecule has 0 saturated carbocycles. The van der Waals surface area contributed by atoms with Crippen LogP contribution >= 0.6 is 12.2 Å². The van der Waals surface area contributed by atoms with Crippen LogP contribution in [0.15, 0.2) is 29.2 Å². The van der Waals surface area contributed by atoms with Crippen molar-refractivity contribution in [3.8, 4) is 0 Å². The van der Waals surface area contributed by atoms with Gasteiger partial charge in [-0.1, -0.05) is 30.4 Å². The Kier molecular flexibility index (Phi) is 6.73. The van der Waals surface area contributed by atoms with Crippen molar-refractivity contribution in [1.82, 2.24) is 4.72 Å². The summed E-state index contributed by atoms with van der Waals surface area (Å²) >= 11 is 4.84. The monoisotopic (exact) mass is 330 g/mol. The molecule has 0 spiro atoms. The summed E-state index contributed by atoms with van der Waals surface area (Å²) in [5, 5.41) is 0. The number of carbonyl (C=O) groups excluding carboxylic acids is 1. The molecular weight excluding hydrogens is 312 g/mol. The molecule has 0 aliphatic heterocycles. The first-order valence-electron chi connectivity index (χ1n) is 6.42. The minimum atomic E-state index is -3.72. The SMILES string of the molecule is CCOC(=O)CCCNS(=O)(=O)c1ccccc1C(N)=S. The summed E-state index contributed by atoms with van der Waals surface area (Å²) in [6.45, 7) is 2.16. The van der Waals surface area contributed by atoms with E-state index >= 15 is 0 Å². The predicted molar refractivity (Wildman–Crippen MR) is 83.4 cm³/mol. The van der Waals surface area contributed by atoms with E-state index < -0.39 is 10.0 Å². The molecule has 0 amide bonds. The fraction of sp³-hybridized carbons (Fsp3) is 0.385. The van der Waals surface area contributed by atoms with Gasteiger partial charge in [0.1, 0.15) is 4.99 Å². The zero-order valence-corrected chi connectivity index (χ0v) is 13.3. The van der Waals surface area contributed by atoms with Crippen LogP contribution in [0.2, 0.25) is 0 Å². The van der Waals surface area contributed by atoms with Gasteiger partial charge >= 0.3 is 5.97 Å². The molecule has 1 aromatic rings. The van der Waals surface area contributed by atoms with E-state index in [1.165, 1.54) is 6.07 Å². The summed E-state index contributed by atoms with van der Waals surface area (Å²) in [7, 11) is -3.72. The van der Waals surface area contributed by atoms with Gasteiger partial charge in [-0.25, -0.2) is 13.1 Å². The number of thiocarbonyl (C=S) groups is 1. The summed E-state index contributed by atoms with van der Waals surface area (Å²) in [6, 6.07) is 6.24. The predicted octanol–water partition coefficient (Wildman–Crippen LogP) is 0.942. The van der Waals surface area contributed by atoms with Crippen molar-refractivity contribution in [2.24, 2.45) is 5.73 Å². The van der Waals surface area contributed by atoms with E-state index in [9.17, 15) is 13.2 Å². The number of nitrogens with two attached hydrogens (primary N) is 1. The molecule has 0 bridgehead atoms. The van der Waals surface area contributed by atoms with Crippen molar-refractivity contribution >= 4 is 33.2 Å². The van der Waals surface area contributed by atoms with Gasteiger partial charge in [0, 0.05) is 18.5 Å². The minimum Gasteiger partial charge on any atom is -0.466 e. The smallest absolute Gasteiger partial charge is 0.305 e. The number of sulfonamides is 1. The minimum absolute atomic E-state index is 0.0162. The Morgan fingerprint density at radius 2 is 2.05 bits per heavy atom. The van der Waals surface area contributed by atoms with Crippen LogP contribution in [0.1, 0.15) is 25.3 Å². The molecule has 116 valence electrons. The third kappa shape index (κ3) is 5.41. The van der Waals surface area contributed by atoms with Crippen LogP contribution in [0.5, 0.6) is 0 Å². The van der Waals surface area contributed by atoms with Gasteiger partial charge in [0.2, 0.25) is 10.0 Å². The normalized spacial score (nSPS) is 11.1. The van der Waals surface area contributed by atoms with E-state index in [2.05, 4.69) is 4.72 Å². The number of hydrogen-bond acceptors (Lipinski definition) is 5. The van der Waals surface area contributed by atoms with Crippen LogP contribution in [0, 0.1) is 0 Å². The van der Waals surface area contributed by atoms with Gasteiger partial charge in [0.25, 0.3) is 0 Å². The van der Waals surface area contributed by atoms with E-state index in [-0.39, 0.29) is 28.8 Å². The molecule has 0 heterocycles. The van der Waals surface area contributed by atoms with E-state index in [1.54, 1.807) is 25.1 Å². The van der Waals surface area contributed by atoms with Crippen LogP contribution in [0.25, 0.3) is 0 Å². The average molecular weight is 330 g/mol. The maximum absolute atomic E-state index is 12.2. The molecule has 0 saturated heterocycles. The maximum atomic E-state index is 12.2. The first kappa shape index (κ1) is 17.5. The van der Waals surface area contributed by atoms with E-state index in [0.29, 0.717) is 18.6 Å². The lowest BCUT2D eigenvalue weighted by molar-refractivity contribution is -0.143. The lowest BCUT2D eigenvalue weighted by atomic mass is 10.2. The third-order valence-corrected chi connectivity index (χ3v) is 4.34. The van der Waals surface area contributed by atoms with Crippen LogP contribution in [0.3, 0.4) is 0 Å². The highest BCUT2D eigenvalue weighted by atomic mass is 32.2. The van der Waals surface area contributed by atoms with Crippen molar-refractivity contribution in [1.29, 1.82) is 0 Å². The Balaban J connectivity index is 2.66. The van der Waals surface area contributed by atoms with Crippen molar-refractivity contribution < 1.29 is 17.9 Å². The molecule has 1 aromatic carbocycles. The maximum Gasteiger partial charge on any atom is 0.305 e. The summed E-state index contributed by atoms with van der Waals surface area (Å²) < 4.78 is 31.5. The Morgan fingerprint density at radius 1 is 1.38 bits per heavy atom. The molecule has 1 rings (SSSR count). The van der Waals surface area contributed by atoms with Crippen LogP contribution in [0.4, 0.5) is 0 Å². The Morgan fingerprint density at radius 3 is 2.67 bits per heavy atom. The number of esters is 1. The van der Waals surface area contributed by atoms with Crippen LogP contribution in [-0.4, -0.2) is 32.5 Å². The topological polar surface area (TPSA) is 98.5 Å². The van der Waals surface area contributed by atoms with E-state index in [0.717, 1.165) is 0 Å². The highest BCUT2D eigenvalue weighted by Gasteiger charge is 2.18. The number of carbonyl (C=O) groups is 1. The Labute approximate surface area is 129 Å². The lowest BCUT2D eigenvalue weighted by Gasteiger charge is -2.10. The summed E-state index contributed by atoms with van der Waals surface area (Å²) in [5.41, 5.74) is 5.81. The number of hydrogen-bond donors (Lipinski definition) is 2. The molecule has 0 atom stereocenters. The van der Waals surface area contributed by atoms with Gasteiger partial charge in [0.05, 0.1) is 11.5 Å². The molecule has 0 fully saturated rings. The van der Waals surface area contributed by atoms with Gasteiger partial charge in [-0.05, 0) is 19.4 Å². The second-order valence-electron chi connectivity index (χ2n) is 4.17. The fourth-order valence-electron chi connectivity index (χ4n) is 1.65. The quantitative estimate of drug-likeness (QED) is 0.418. The average Bonchev–Trinajstić information content (AvgIpc) is 2.44. The van der Waals surface area contributed by atoms with Crippen molar-refractivity contribution in [2.45, 2.75) is 24.7 Å². The highest BCUT2D eigenvalue weighted by molar-refractivity contribution is 7.89. The molecule has 6 nitrogen and oxygen atoms in total. The molecule has 0 aliphatic carbocycles. The van der Waals surface area contributed by atoms with Crippen molar-refractivity contribution in [3.63, 3.8) is 0 Å². The van der Waals surface area contributed by atoms with Crippen molar-refractivity contribution in [3.05, 3.63) is 29.8 Å². The van der Waals surface area contributed by atoms with E-state index in [1.807, 2.05) is 0 Å². The molecular formula is C13H18N2O4S2. The second-order valence-corrected chi connectivity index (χ2v) is 6.34. The van der Waals surface area contributed by atoms with Crippen molar-refractivity contribution in [2.75, 3.05) is 13.2 Å². The summed E-state index contributed by atoms with van der Waals surface area (Å²) in [4.78, 5) is 11.2. The molecule has 21 heavy (non-hydrogen) atoms. The fourth-order valence-corrected chi connectivity index (χ4v) is 3.19. The largest absolute Gasteiger partial charge is 0.466 e. The Hall–Kier alpha value is -1.51. The van der Waals surface area contributed by atoms with Gasteiger partial charge in [-0.3, -0.25) is 4.79 Å². The van der Waals surface area contributed by atoms with Gasteiger partial charge in [0.15, 0.2) is 0 Å². The molecule has 0 radical (unpaired) electrons. The molecule has 0 aromatic heterocycles. The second kappa shape index (κ2) is 8.06. The molecule has 0 unspecified atom stereocenters. The molecule has 0 aliphatic rings. The number of ether oxygens (including phenoxy) is 1. The standard InChI is InChI=1S/C13H18N2O4S2/c1-2-19-12(16)8-5-9-15-21(17,18)11-7-4-3-6-10(11)13(14)20/h3-4,6-7,15H,2,5,8-9H2,1H3,(H2,14,20).